The van der Waals surface area contributed by atoms with Crippen molar-refractivity contribution in [2.24, 2.45) is 0 Å². The Morgan fingerprint density at radius 3 is 2.71 bits per heavy atom. The van der Waals surface area contributed by atoms with E-state index in [2.05, 4.69) is 20.5 Å². The topological polar surface area (TPSA) is 103 Å². The first-order valence-electron chi connectivity index (χ1n) is 5.00. The zero-order valence-corrected chi connectivity index (χ0v) is 9.71. The predicted molar refractivity (Wildman–Crippen MR) is 58.4 cm³/mol. The lowest BCUT2D eigenvalue weighted by Crippen LogP contribution is -2.28. The van der Waals surface area contributed by atoms with Gasteiger partial charge in [-0.3, -0.25) is 14.8 Å². The van der Waals surface area contributed by atoms with Crippen molar-refractivity contribution in [3.8, 4) is 0 Å². The molecule has 0 bridgehead atoms. The second kappa shape index (κ2) is 3.65. The molecule has 0 atom stereocenters. The number of hydrogen-bond acceptors (Lipinski definition) is 5. The number of aromatic amines is 1. The summed E-state index contributed by atoms with van der Waals surface area (Å²) in [4.78, 5) is 10.3. The van der Waals surface area contributed by atoms with Crippen molar-refractivity contribution < 1.29 is 4.92 Å². The molecule has 2 aromatic heterocycles. The number of nitro groups is 1. The Morgan fingerprint density at radius 2 is 2.24 bits per heavy atom. The number of aryl methyl sites for hydroxylation is 1. The van der Waals surface area contributed by atoms with E-state index >= 15 is 0 Å². The van der Waals surface area contributed by atoms with Gasteiger partial charge in [-0.15, -0.1) is 0 Å². The molecule has 17 heavy (non-hydrogen) atoms. The van der Waals surface area contributed by atoms with Crippen molar-refractivity contribution in [3.63, 3.8) is 0 Å². The highest BCUT2D eigenvalue weighted by Gasteiger charge is 2.29. The average Bonchev–Trinajstić information content (AvgIpc) is 2.84. The molecule has 0 aliphatic heterocycles. The lowest BCUT2D eigenvalue weighted by atomic mass is 10.0. The van der Waals surface area contributed by atoms with Gasteiger partial charge < -0.3 is 0 Å². The van der Waals surface area contributed by atoms with Gasteiger partial charge >= 0.3 is 5.69 Å². The van der Waals surface area contributed by atoms with Crippen LogP contribution in [0.5, 0.6) is 0 Å². The smallest absolute Gasteiger partial charge is 0.258 e. The van der Waals surface area contributed by atoms with Gasteiger partial charge in [-0.05, 0) is 20.8 Å². The van der Waals surface area contributed by atoms with E-state index in [1.165, 1.54) is 10.9 Å². The second-order valence-electron chi connectivity index (χ2n) is 4.22. The van der Waals surface area contributed by atoms with E-state index in [9.17, 15) is 10.1 Å². The molecule has 8 heteroatoms. The second-order valence-corrected chi connectivity index (χ2v) is 4.22. The number of H-pyrrole nitrogens is 1. The summed E-state index contributed by atoms with van der Waals surface area (Å²) in [5.74, 6) is 0. The van der Waals surface area contributed by atoms with E-state index in [1.807, 2.05) is 13.8 Å². The monoisotopic (exact) mass is 236 g/mol. The van der Waals surface area contributed by atoms with Crippen molar-refractivity contribution in [1.82, 2.24) is 25.2 Å². The third-order valence-corrected chi connectivity index (χ3v) is 2.68. The molecule has 2 rings (SSSR count). The van der Waals surface area contributed by atoms with Crippen LogP contribution >= 0.6 is 0 Å². The number of nitrogens with one attached hydrogen (secondary N) is 1. The van der Waals surface area contributed by atoms with Gasteiger partial charge in [0.2, 0.25) is 0 Å². The molecule has 90 valence electrons. The summed E-state index contributed by atoms with van der Waals surface area (Å²) in [5, 5.41) is 25.1. The van der Waals surface area contributed by atoms with E-state index in [-0.39, 0.29) is 5.69 Å². The molecule has 2 aromatic rings. The minimum absolute atomic E-state index is 0.00145. The molecule has 0 fully saturated rings. The summed E-state index contributed by atoms with van der Waals surface area (Å²) in [6.45, 7) is 5.33. The Balaban J connectivity index is 2.47. The summed E-state index contributed by atoms with van der Waals surface area (Å²) in [6, 6.07) is 0. The highest BCUT2D eigenvalue weighted by Crippen LogP contribution is 2.26. The van der Waals surface area contributed by atoms with E-state index in [4.69, 9.17) is 0 Å². The van der Waals surface area contributed by atoms with Gasteiger partial charge in [-0.1, -0.05) is 0 Å². The quantitative estimate of drug-likeness (QED) is 0.632. The van der Waals surface area contributed by atoms with Crippen LogP contribution in [-0.4, -0.2) is 30.1 Å². The molecule has 0 spiro atoms. The van der Waals surface area contributed by atoms with E-state index in [0.29, 0.717) is 11.4 Å². The van der Waals surface area contributed by atoms with Gasteiger partial charge in [-0.2, -0.15) is 20.5 Å². The van der Waals surface area contributed by atoms with Gasteiger partial charge in [0, 0.05) is 0 Å². The Bertz CT molecular complexity index is 542. The number of nitrogens with zero attached hydrogens (tertiary/aromatic N) is 5. The summed E-state index contributed by atoms with van der Waals surface area (Å²) < 4.78 is 1.53. The third-order valence-electron chi connectivity index (χ3n) is 2.68. The molecule has 2 heterocycles. The van der Waals surface area contributed by atoms with Crippen LogP contribution in [0.1, 0.15) is 25.2 Å². The van der Waals surface area contributed by atoms with Gasteiger partial charge in [-0.25, -0.2) is 0 Å². The first-order chi connectivity index (χ1) is 7.93. The van der Waals surface area contributed by atoms with Crippen molar-refractivity contribution in [1.29, 1.82) is 0 Å². The molecule has 0 aliphatic carbocycles. The SMILES string of the molecule is Cc1nn(C(C)(C)c2cn[nH]n2)cc1[N+](=O)[O-]. The maximum absolute atomic E-state index is 10.8. The minimum Gasteiger partial charge on any atom is -0.258 e. The van der Waals surface area contributed by atoms with Crippen molar-refractivity contribution in [2.75, 3.05) is 0 Å². The van der Waals surface area contributed by atoms with Crippen LogP contribution in [0.25, 0.3) is 0 Å². The van der Waals surface area contributed by atoms with Crippen LogP contribution in [0, 0.1) is 17.0 Å². The van der Waals surface area contributed by atoms with Gasteiger partial charge in [0.1, 0.15) is 23.1 Å². The summed E-state index contributed by atoms with van der Waals surface area (Å²) in [5.41, 5.74) is 0.453. The summed E-state index contributed by atoms with van der Waals surface area (Å²) >= 11 is 0. The highest BCUT2D eigenvalue weighted by atomic mass is 16.6. The van der Waals surface area contributed by atoms with Crippen LogP contribution in [0.3, 0.4) is 0 Å². The fourth-order valence-corrected chi connectivity index (χ4v) is 1.53. The highest BCUT2D eigenvalue weighted by molar-refractivity contribution is 5.32. The van der Waals surface area contributed by atoms with Gasteiger partial charge in [0.15, 0.2) is 0 Å². The molecule has 0 aromatic carbocycles. The van der Waals surface area contributed by atoms with Crippen LogP contribution in [0.4, 0.5) is 5.69 Å². The Hall–Kier alpha value is -2.25. The van der Waals surface area contributed by atoms with Crippen molar-refractivity contribution in [3.05, 3.63) is 33.9 Å². The molecular weight excluding hydrogens is 224 g/mol. The zero-order chi connectivity index (χ0) is 12.6. The number of aromatic nitrogens is 5. The average molecular weight is 236 g/mol. The first kappa shape index (κ1) is 11.2. The fourth-order valence-electron chi connectivity index (χ4n) is 1.53. The van der Waals surface area contributed by atoms with Crippen molar-refractivity contribution >= 4 is 5.69 Å². The molecule has 0 unspecified atom stereocenters. The van der Waals surface area contributed by atoms with Crippen LogP contribution in [-0.2, 0) is 5.54 Å². The molecule has 8 nitrogen and oxygen atoms in total. The lowest BCUT2D eigenvalue weighted by Gasteiger charge is -2.21. The molecule has 0 saturated heterocycles. The summed E-state index contributed by atoms with van der Waals surface area (Å²) in [6.07, 6.45) is 2.98. The zero-order valence-electron chi connectivity index (χ0n) is 9.71. The van der Waals surface area contributed by atoms with E-state index in [0.717, 1.165) is 0 Å². The van der Waals surface area contributed by atoms with E-state index in [1.54, 1.807) is 13.1 Å². The maximum Gasteiger partial charge on any atom is 0.309 e. The van der Waals surface area contributed by atoms with Gasteiger partial charge in [0.05, 0.1) is 11.1 Å². The normalized spacial score (nSPS) is 11.7. The van der Waals surface area contributed by atoms with Crippen LogP contribution < -0.4 is 0 Å². The lowest BCUT2D eigenvalue weighted by molar-refractivity contribution is -0.385. The van der Waals surface area contributed by atoms with Crippen LogP contribution in [0.2, 0.25) is 0 Å². The number of rotatable bonds is 3. The molecule has 0 amide bonds. The Labute approximate surface area is 96.8 Å². The molecular formula is C9H12N6O2. The number of hydrogen-bond donors (Lipinski definition) is 1. The van der Waals surface area contributed by atoms with Crippen molar-refractivity contribution in [2.45, 2.75) is 26.3 Å². The molecule has 0 radical (unpaired) electrons. The molecule has 0 aliphatic rings. The minimum atomic E-state index is -0.591. The van der Waals surface area contributed by atoms with E-state index < -0.39 is 10.5 Å². The standard InChI is InChI=1S/C9H12N6O2/c1-6-7(15(16)17)5-14(12-6)9(2,3)8-4-10-13-11-8/h4-5H,1-3H3,(H,10,11,13). The predicted octanol–water partition coefficient (Wildman–Crippen LogP) is 1.00. The van der Waals surface area contributed by atoms with Gasteiger partial charge in [0.25, 0.3) is 0 Å². The summed E-state index contributed by atoms with van der Waals surface area (Å²) in [7, 11) is 0. The largest absolute Gasteiger partial charge is 0.309 e. The Morgan fingerprint density at radius 1 is 1.53 bits per heavy atom. The van der Waals surface area contributed by atoms with Crippen LogP contribution in [0.15, 0.2) is 12.4 Å². The first-order valence-corrected chi connectivity index (χ1v) is 5.00. The third kappa shape index (κ3) is 1.77. The Kier molecular flexibility index (Phi) is 2.41. The fraction of sp³-hybridized carbons (Fsp3) is 0.444. The molecule has 1 N–H and O–H groups in total. The maximum atomic E-state index is 10.8. The molecule has 0 saturated carbocycles.